The monoisotopic (exact) mass is 164 g/mol. The molecule has 0 aliphatic carbocycles. The van der Waals surface area contributed by atoms with Gasteiger partial charge in [0.25, 0.3) is 0 Å². The molecule has 0 rings (SSSR count). The molecule has 0 fully saturated rings. The van der Waals surface area contributed by atoms with Gasteiger partial charge in [0.1, 0.15) is 0 Å². The van der Waals surface area contributed by atoms with Crippen LogP contribution in [0.15, 0.2) is 0 Å². The molecule has 0 aromatic rings. The van der Waals surface area contributed by atoms with E-state index in [1.165, 1.54) is 6.42 Å². The molecule has 0 spiro atoms. The van der Waals surface area contributed by atoms with E-state index in [2.05, 4.69) is 58.5 Å². The first-order valence-corrected chi connectivity index (χ1v) is 7.81. The van der Waals surface area contributed by atoms with E-state index in [-0.39, 0.29) is 0 Å². The molecule has 62 valence electrons. The van der Waals surface area contributed by atoms with Crippen LogP contribution in [0, 0.1) is 0 Å². The Morgan fingerprint density at radius 2 is 1.64 bits per heavy atom. The quantitative estimate of drug-likeness (QED) is 0.549. The van der Waals surface area contributed by atoms with Gasteiger partial charge in [-0.25, -0.2) is 0 Å². The van der Waals surface area contributed by atoms with Gasteiger partial charge in [-0.15, -0.1) is 0 Å². The van der Waals surface area contributed by atoms with E-state index in [1.54, 1.807) is 0 Å². The topological polar surface area (TPSA) is 0 Å². The van der Waals surface area contributed by atoms with Crippen LogP contribution in [0.3, 0.4) is 0 Å². The van der Waals surface area contributed by atoms with Crippen LogP contribution in [0.5, 0.6) is 0 Å². The van der Waals surface area contributed by atoms with Crippen molar-refractivity contribution in [3.8, 4) is 0 Å². The molecule has 0 nitrogen and oxygen atoms in total. The molecule has 0 aliphatic rings. The molecule has 0 saturated carbocycles. The van der Waals surface area contributed by atoms with Gasteiger partial charge in [-0.05, 0) is 0 Å². The molecule has 0 aromatic heterocycles. The fraction of sp³-hybridized carbons (Fsp3) is 1.00. The van der Waals surface area contributed by atoms with Crippen molar-refractivity contribution in [1.29, 1.82) is 0 Å². The molecule has 0 saturated heterocycles. The van der Waals surface area contributed by atoms with Crippen molar-refractivity contribution in [2.24, 2.45) is 0 Å². The molecule has 11 heavy (non-hydrogen) atoms. The Hall–Kier alpha value is 0.814. The normalized spacial score (nSPS) is 16.7. The van der Waals surface area contributed by atoms with Crippen LogP contribution in [0.25, 0.3) is 0 Å². The van der Waals surface area contributed by atoms with Crippen LogP contribution in [0.1, 0.15) is 34.1 Å². The van der Waals surface area contributed by atoms with E-state index in [1.807, 2.05) is 0 Å². The third-order valence-electron chi connectivity index (χ3n) is 3.78. The van der Waals surface area contributed by atoms with Crippen molar-refractivity contribution in [1.82, 2.24) is 0 Å². The van der Waals surface area contributed by atoms with Crippen molar-refractivity contribution < 1.29 is 0 Å². The molecule has 1 atom stereocenters. The SMILES string of the molecule is [Li][CH](CC)[Si](C)(C)C(C)(C)C. The van der Waals surface area contributed by atoms with Crippen molar-refractivity contribution in [2.45, 2.75) is 56.5 Å². The van der Waals surface area contributed by atoms with Crippen LogP contribution in [0.2, 0.25) is 22.3 Å². The van der Waals surface area contributed by atoms with Crippen LogP contribution < -0.4 is 0 Å². The first-order valence-electron chi connectivity index (χ1n) is 4.73. The fourth-order valence-corrected chi connectivity index (χ4v) is 3.75. The Kier molecular flexibility index (Phi) is 3.96. The standard InChI is InChI=1S/C9H21Si.Li/c1-7-8-10(5,6)9(2,3)4;/h8H,7H2,1-6H3;. The molecule has 0 aliphatic heterocycles. The van der Waals surface area contributed by atoms with E-state index >= 15 is 0 Å². The average Bonchev–Trinajstić information content (AvgIpc) is 1.83. The first-order chi connectivity index (χ1) is 4.73. The summed E-state index contributed by atoms with van der Waals surface area (Å²) in [5, 5.41) is 0.558. The third-order valence-corrected chi connectivity index (χ3v) is 10.5. The van der Waals surface area contributed by atoms with Crippen LogP contribution in [-0.4, -0.2) is 25.8 Å². The maximum atomic E-state index is 2.52. The summed E-state index contributed by atoms with van der Waals surface area (Å²) < 4.78 is 0.947. The van der Waals surface area contributed by atoms with E-state index in [0.29, 0.717) is 5.04 Å². The number of rotatable bonds is 2. The average molecular weight is 164 g/mol. The summed E-state index contributed by atoms with van der Waals surface area (Å²) in [6.07, 6.45) is 1.34. The van der Waals surface area contributed by atoms with Gasteiger partial charge in [-0.3, -0.25) is 0 Å². The zero-order valence-corrected chi connectivity index (χ0v) is 10.3. The fourth-order valence-electron chi connectivity index (χ4n) is 1.25. The van der Waals surface area contributed by atoms with E-state index in [4.69, 9.17) is 0 Å². The second kappa shape index (κ2) is 3.68. The summed E-state index contributed by atoms with van der Waals surface area (Å²) in [6, 6.07) is 0. The molecule has 0 amide bonds. The van der Waals surface area contributed by atoms with Gasteiger partial charge >= 0.3 is 82.3 Å². The van der Waals surface area contributed by atoms with Gasteiger partial charge in [0.05, 0.1) is 0 Å². The number of hydrogen-bond donors (Lipinski definition) is 0. The zero-order valence-electron chi connectivity index (χ0n) is 9.28. The van der Waals surface area contributed by atoms with Crippen molar-refractivity contribution in [3.05, 3.63) is 0 Å². The Balaban J connectivity index is 4.45. The predicted octanol–water partition coefficient (Wildman–Crippen LogP) is 3.40. The first kappa shape index (κ1) is 11.8. The molecule has 0 bridgehead atoms. The molecule has 0 aromatic carbocycles. The van der Waals surface area contributed by atoms with Gasteiger partial charge in [0.15, 0.2) is 0 Å². The summed E-state index contributed by atoms with van der Waals surface area (Å²) in [4.78, 5) is 0. The molecule has 0 radical (unpaired) electrons. The molecular weight excluding hydrogens is 143 g/mol. The second-order valence-corrected chi connectivity index (χ2v) is 11.2. The van der Waals surface area contributed by atoms with Crippen molar-refractivity contribution in [2.75, 3.05) is 0 Å². The van der Waals surface area contributed by atoms with Gasteiger partial charge < -0.3 is 0 Å². The van der Waals surface area contributed by atoms with Gasteiger partial charge in [0, 0.05) is 0 Å². The summed E-state index contributed by atoms with van der Waals surface area (Å²) >= 11 is 2.41. The van der Waals surface area contributed by atoms with Crippen LogP contribution >= 0.6 is 0 Å². The zero-order chi connectivity index (χ0) is 9.28. The summed E-state index contributed by atoms with van der Waals surface area (Å²) in [5.41, 5.74) is 0. The number of hydrogen-bond acceptors (Lipinski definition) is 0. The second-order valence-electron chi connectivity index (χ2n) is 5.28. The van der Waals surface area contributed by atoms with Crippen molar-refractivity contribution in [3.63, 3.8) is 0 Å². The molecule has 0 heterocycles. The van der Waals surface area contributed by atoms with Gasteiger partial charge in [-0.2, -0.15) is 0 Å². The molecular formula is C9H21LiSi. The minimum absolute atomic E-state index is 0.558. The third kappa shape index (κ3) is 2.65. The summed E-state index contributed by atoms with van der Waals surface area (Å²) in [7, 11) is -1.01. The predicted molar refractivity (Wildman–Crippen MR) is 57.0 cm³/mol. The Morgan fingerprint density at radius 1 is 1.27 bits per heavy atom. The Labute approximate surface area is 82.4 Å². The molecule has 1 unspecified atom stereocenters. The summed E-state index contributed by atoms with van der Waals surface area (Å²) in [5.74, 6) is 0. The minimum atomic E-state index is -1.01. The Bertz CT molecular complexity index is 124. The van der Waals surface area contributed by atoms with Crippen LogP contribution in [-0.2, 0) is 0 Å². The Morgan fingerprint density at radius 3 is 1.73 bits per heavy atom. The van der Waals surface area contributed by atoms with Gasteiger partial charge in [0.2, 0.25) is 0 Å². The van der Waals surface area contributed by atoms with Gasteiger partial charge in [-0.1, -0.05) is 0 Å². The molecule has 2 heteroatoms. The summed E-state index contributed by atoms with van der Waals surface area (Å²) in [6.45, 7) is 14.5. The molecule has 0 N–H and O–H groups in total. The maximum absolute atomic E-state index is 2.52. The van der Waals surface area contributed by atoms with Crippen LogP contribution in [0.4, 0.5) is 0 Å². The van der Waals surface area contributed by atoms with Crippen molar-refractivity contribution >= 4 is 25.8 Å². The van der Waals surface area contributed by atoms with E-state index in [9.17, 15) is 0 Å². The van der Waals surface area contributed by atoms with E-state index < -0.39 is 8.07 Å². The van der Waals surface area contributed by atoms with E-state index in [0.717, 1.165) is 4.21 Å².